The van der Waals surface area contributed by atoms with Gasteiger partial charge < -0.3 is 0 Å². The number of fused-ring (bicyclic) bond motifs is 2. The molecule has 0 fully saturated rings. The van der Waals surface area contributed by atoms with E-state index >= 15 is 0 Å². The van der Waals surface area contributed by atoms with E-state index in [-0.39, 0.29) is 24.8 Å². The van der Waals surface area contributed by atoms with E-state index in [0.717, 1.165) is 7.35 Å². The first kappa shape index (κ1) is 26.4. The van der Waals surface area contributed by atoms with Crippen LogP contribution in [0.2, 0.25) is 0 Å². The van der Waals surface area contributed by atoms with E-state index in [1.807, 2.05) is 0 Å². The maximum Gasteiger partial charge on any atom is -0.147 e. The number of rotatable bonds is 4. The number of benzene rings is 3. The smallest absolute Gasteiger partial charge is 0.147 e. The Morgan fingerprint density at radius 2 is 1.12 bits per heavy atom. The molecule has 0 aromatic heterocycles. The van der Waals surface area contributed by atoms with E-state index in [4.69, 9.17) is 0 Å². The third-order valence-corrected chi connectivity index (χ3v) is 31.3. The zero-order chi connectivity index (χ0) is 21.5. The number of aryl methyl sites for hydroxylation is 2. The molecule has 2 atom stereocenters. The first-order valence-electron chi connectivity index (χ1n) is 11.3. The summed E-state index contributed by atoms with van der Waals surface area (Å²) < 4.78 is 1.47. The molecule has 0 saturated carbocycles. The fourth-order valence-corrected chi connectivity index (χ4v) is 34.1. The van der Waals surface area contributed by atoms with Crippen LogP contribution >= 0.6 is 24.8 Å². The van der Waals surface area contributed by atoms with Crippen LogP contribution in [0, 0.1) is 13.8 Å². The van der Waals surface area contributed by atoms with Crippen LogP contribution in [-0.2, 0) is 26.1 Å². The molecule has 0 spiro atoms. The average molecular weight is 658 g/mol. The standard InChI is InChI=1S/2C11H11.C7H8Si.2ClH.Hf/c2*1-8-6-10-5-3-4-9(2)11(10)7-8;8-6-7-4-2-1-3-5-7;;;/h2*3-7H,1-2H3;1-5,8H,6H2;2*1H;. The van der Waals surface area contributed by atoms with Gasteiger partial charge in [0.25, 0.3) is 0 Å². The van der Waals surface area contributed by atoms with Crippen molar-refractivity contribution in [3.8, 4) is 0 Å². The number of hydrogen-bond acceptors (Lipinski definition) is 0. The van der Waals surface area contributed by atoms with E-state index < -0.39 is 20.1 Å². The number of halogens is 2. The topological polar surface area (TPSA) is 0 Å². The van der Waals surface area contributed by atoms with Crippen LogP contribution in [0.3, 0.4) is 0 Å². The summed E-state index contributed by atoms with van der Waals surface area (Å²) in [5, 5.41) is 0. The molecule has 0 saturated heterocycles. The molecule has 3 aromatic carbocycles. The van der Waals surface area contributed by atoms with Gasteiger partial charge in [-0.3, -0.25) is 0 Å². The Balaban J connectivity index is 0.00000153. The zero-order valence-corrected chi connectivity index (χ0v) is 26.1. The Morgan fingerprint density at radius 3 is 1.61 bits per heavy atom. The summed E-state index contributed by atoms with van der Waals surface area (Å²) in [6.45, 7) is 9.40. The molecule has 0 nitrogen and oxygen atoms in total. The van der Waals surface area contributed by atoms with Crippen molar-refractivity contribution in [1.82, 2.24) is 0 Å². The molecule has 5 rings (SSSR count). The Kier molecular flexibility index (Phi) is 8.83. The van der Waals surface area contributed by atoms with Crippen molar-refractivity contribution in [2.45, 2.75) is 41.1 Å². The van der Waals surface area contributed by atoms with Crippen LogP contribution in [0.1, 0.15) is 60.1 Å². The van der Waals surface area contributed by atoms with Crippen LogP contribution in [0.15, 0.2) is 77.9 Å². The Morgan fingerprint density at radius 1 is 0.636 bits per heavy atom. The largest absolute Gasteiger partial charge is 0.147 e. The molecular formula is C29H32Cl2HfSi. The Hall–Kier alpha value is -1.19. The molecule has 33 heavy (non-hydrogen) atoms. The van der Waals surface area contributed by atoms with Gasteiger partial charge in [0.1, 0.15) is 0 Å². The fourth-order valence-electron chi connectivity index (χ4n) is 5.55. The first-order chi connectivity index (χ1) is 15.0. The monoisotopic (exact) mass is 658 g/mol. The van der Waals surface area contributed by atoms with Crippen LogP contribution in [0.25, 0.3) is 12.2 Å². The second-order valence-corrected chi connectivity index (χ2v) is 27.6. The van der Waals surface area contributed by atoms with Crippen molar-refractivity contribution in [1.29, 1.82) is 0 Å². The van der Waals surface area contributed by atoms with Crippen LogP contribution in [0.4, 0.5) is 0 Å². The minimum atomic E-state index is -2.17. The van der Waals surface area contributed by atoms with E-state index in [2.05, 4.69) is 107 Å². The summed E-state index contributed by atoms with van der Waals surface area (Å²) in [6.07, 6.45) is 5.50. The van der Waals surface area contributed by atoms with E-state index in [1.54, 1.807) is 22.3 Å². The second kappa shape index (κ2) is 11.0. The van der Waals surface area contributed by atoms with Gasteiger partial charge in [0.2, 0.25) is 0 Å². The molecule has 0 aliphatic heterocycles. The van der Waals surface area contributed by atoms with E-state index in [0.29, 0.717) is 6.22 Å². The molecule has 2 aliphatic carbocycles. The molecule has 2 aliphatic rings. The van der Waals surface area contributed by atoms with Gasteiger partial charge in [0.05, 0.1) is 0 Å². The zero-order valence-electron chi connectivity index (χ0n) is 19.8. The van der Waals surface area contributed by atoms with Crippen LogP contribution < -0.4 is 0 Å². The molecule has 2 unspecified atom stereocenters. The van der Waals surface area contributed by atoms with Gasteiger partial charge in [0.15, 0.2) is 0 Å². The molecule has 0 amide bonds. The summed E-state index contributed by atoms with van der Waals surface area (Å²) in [6, 6.07) is 26.6. The fraction of sp³-hybridized carbons (Fsp3) is 0.241. The summed E-state index contributed by atoms with van der Waals surface area (Å²) in [5.41, 5.74) is 14.0. The Bertz CT molecular complexity index is 1180. The summed E-state index contributed by atoms with van der Waals surface area (Å²) >= 11 is -2.17. The maximum atomic E-state index is 2.52. The van der Waals surface area contributed by atoms with Gasteiger partial charge >= 0.3 is 196 Å². The van der Waals surface area contributed by atoms with Gasteiger partial charge in [0, 0.05) is 0 Å². The third kappa shape index (κ3) is 4.96. The second-order valence-electron chi connectivity index (χ2n) is 9.19. The van der Waals surface area contributed by atoms with Crippen molar-refractivity contribution in [2.24, 2.45) is 0 Å². The predicted molar refractivity (Wildman–Crippen MR) is 147 cm³/mol. The minimum absolute atomic E-state index is 0. The molecular weight excluding hydrogens is 626 g/mol. The van der Waals surface area contributed by atoms with Gasteiger partial charge in [-0.25, -0.2) is 0 Å². The number of hydrogen-bond donors (Lipinski definition) is 0. The molecule has 0 heterocycles. The van der Waals surface area contributed by atoms with Gasteiger partial charge in [-0.05, 0) is 0 Å². The number of allylic oxidation sites excluding steroid dienone is 2. The maximum absolute atomic E-state index is 2.52. The third-order valence-electron chi connectivity index (χ3n) is 7.08. The van der Waals surface area contributed by atoms with Crippen molar-refractivity contribution >= 4 is 43.2 Å². The van der Waals surface area contributed by atoms with Crippen molar-refractivity contribution < 1.29 is 20.1 Å². The molecule has 4 heteroatoms. The molecule has 3 aromatic rings. The quantitative estimate of drug-likeness (QED) is 0.250. The normalized spacial score (nSPS) is 17.7. The molecule has 0 radical (unpaired) electrons. The Labute approximate surface area is 219 Å². The SMILES string of the molecule is CC1=Cc2c(C)cccc2[CH]1[Hf](=[SiH]Cc1ccccc1)[CH]1C(C)=Cc2c(C)cccc21.Cl.Cl. The van der Waals surface area contributed by atoms with Crippen molar-refractivity contribution in [3.05, 3.63) is 117 Å². The van der Waals surface area contributed by atoms with Crippen molar-refractivity contribution in [2.75, 3.05) is 0 Å². The summed E-state index contributed by atoms with van der Waals surface area (Å²) in [5.74, 6) is 0. The van der Waals surface area contributed by atoms with Crippen LogP contribution in [-0.4, -0.2) is 6.22 Å². The van der Waals surface area contributed by atoms with Gasteiger partial charge in [-0.1, -0.05) is 0 Å². The minimum Gasteiger partial charge on any atom is -0.147 e. The van der Waals surface area contributed by atoms with Gasteiger partial charge in [-0.2, -0.15) is 0 Å². The predicted octanol–water partition coefficient (Wildman–Crippen LogP) is 7.93. The average Bonchev–Trinajstić information content (AvgIpc) is 3.28. The van der Waals surface area contributed by atoms with Crippen LogP contribution in [0.5, 0.6) is 0 Å². The summed E-state index contributed by atoms with van der Waals surface area (Å²) in [4.78, 5) is 0. The molecule has 170 valence electrons. The van der Waals surface area contributed by atoms with E-state index in [9.17, 15) is 0 Å². The molecule has 0 bridgehead atoms. The molecule has 0 N–H and O–H groups in total. The van der Waals surface area contributed by atoms with Gasteiger partial charge in [-0.15, -0.1) is 24.8 Å². The van der Waals surface area contributed by atoms with E-state index in [1.165, 1.54) is 33.9 Å². The first-order valence-corrected chi connectivity index (χ1v) is 23.1. The summed E-state index contributed by atoms with van der Waals surface area (Å²) in [7, 11) is 0. The van der Waals surface area contributed by atoms with Crippen molar-refractivity contribution in [3.63, 3.8) is 0 Å².